The molecule has 1 unspecified atom stereocenters. The zero-order chi connectivity index (χ0) is 30.3. The standard InChI is InChI=1S/C34H64N6OS/c1-4-6-8-10-12-14-16-18-20-22-24-26-29(27-25-23-21-19-17-15-13-11-9-7-5-2)41-34(36)40-28-37-30-31(40)38-33(35)39-32(30)42-3/h28-29,34H,4-27,36H2,1-3H3,(H2,35,38,39). The molecule has 1 atom stereocenters. The number of thioether (sulfide) groups is 1. The third-order valence-corrected chi connectivity index (χ3v) is 9.14. The molecule has 0 aromatic carbocycles. The lowest BCUT2D eigenvalue weighted by Gasteiger charge is -2.23. The van der Waals surface area contributed by atoms with Crippen molar-refractivity contribution in [1.29, 1.82) is 0 Å². The summed E-state index contributed by atoms with van der Waals surface area (Å²) >= 11 is 1.51. The SMILES string of the molecule is CCCCCCCCCCCCCC(CCCCCCCCCCCCC)OC(N)n1cnc2c(SC)nc(N)nc21. The molecule has 0 bridgehead atoms. The van der Waals surface area contributed by atoms with Gasteiger partial charge >= 0.3 is 0 Å². The van der Waals surface area contributed by atoms with Crippen molar-refractivity contribution >= 4 is 28.9 Å². The highest BCUT2D eigenvalue weighted by atomic mass is 32.2. The molecule has 0 fully saturated rings. The van der Waals surface area contributed by atoms with Crippen LogP contribution in [0.1, 0.15) is 174 Å². The molecule has 4 N–H and O–H groups in total. The third kappa shape index (κ3) is 15.4. The quantitative estimate of drug-likeness (QED) is 0.0431. The molecule has 8 heteroatoms. The first-order valence-corrected chi connectivity index (χ1v) is 18.8. The second-order valence-corrected chi connectivity index (χ2v) is 13.0. The van der Waals surface area contributed by atoms with Crippen molar-refractivity contribution < 1.29 is 4.74 Å². The summed E-state index contributed by atoms with van der Waals surface area (Å²) in [6, 6.07) is 0. The maximum Gasteiger partial charge on any atom is 0.223 e. The molecule has 2 rings (SSSR count). The fourth-order valence-electron chi connectivity index (χ4n) is 5.85. The van der Waals surface area contributed by atoms with Crippen LogP contribution in [0.3, 0.4) is 0 Å². The zero-order valence-electron chi connectivity index (χ0n) is 27.5. The summed E-state index contributed by atoms with van der Waals surface area (Å²) in [5, 5.41) is 0.766. The van der Waals surface area contributed by atoms with Gasteiger partial charge in [-0.15, -0.1) is 11.8 Å². The molecule has 242 valence electrons. The Morgan fingerprint density at radius 3 is 1.55 bits per heavy atom. The van der Waals surface area contributed by atoms with E-state index in [1.54, 1.807) is 10.9 Å². The maximum atomic E-state index is 6.60. The minimum Gasteiger partial charge on any atom is -0.368 e. The molecule has 7 nitrogen and oxygen atoms in total. The Morgan fingerprint density at radius 1 is 0.690 bits per heavy atom. The molecule has 0 saturated heterocycles. The van der Waals surface area contributed by atoms with Gasteiger partial charge < -0.3 is 10.5 Å². The van der Waals surface area contributed by atoms with Crippen molar-refractivity contribution in [3.63, 3.8) is 0 Å². The summed E-state index contributed by atoms with van der Waals surface area (Å²) in [5.41, 5.74) is 13.9. The van der Waals surface area contributed by atoms with Crippen LogP contribution in [-0.4, -0.2) is 31.9 Å². The molecule has 0 saturated carbocycles. The van der Waals surface area contributed by atoms with Gasteiger partial charge in [-0.05, 0) is 19.1 Å². The average Bonchev–Trinajstić information content (AvgIpc) is 3.42. The number of ether oxygens (including phenoxy) is 1. The van der Waals surface area contributed by atoms with Gasteiger partial charge in [0.2, 0.25) is 5.95 Å². The first kappa shape index (κ1) is 36.8. The first-order valence-electron chi connectivity index (χ1n) is 17.6. The number of fused-ring (bicyclic) bond motifs is 1. The Kier molecular flexibility index (Phi) is 21.0. The summed E-state index contributed by atoms with van der Waals surface area (Å²) in [7, 11) is 0. The van der Waals surface area contributed by atoms with Crippen LogP contribution in [0, 0.1) is 0 Å². The van der Waals surface area contributed by atoms with E-state index < -0.39 is 6.35 Å². The normalized spacial score (nSPS) is 12.6. The van der Waals surface area contributed by atoms with E-state index >= 15 is 0 Å². The van der Waals surface area contributed by atoms with Gasteiger partial charge in [0, 0.05) is 0 Å². The number of nitrogen functional groups attached to an aromatic ring is 1. The Morgan fingerprint density at radius 2 is 1.12 bits per heavy atom. The van der Waals surface area contributed by atoms with Crippen LogP contribution in [0.15, 0.2) is 11.4 Å². The maximum absolute atomic E-state index is 6.60. The van der Waals surface area contributed by atoms with E-state index in [9.17, 15) is 0 Å². The Balaban J connectivity index is 1.77. The molecule has 0 spiro atoms. The molecule has 2 aromatic rings. The number of imidazole rings is 1. The lowest BCUT2D eigenvalue weighted by Crippen LogP contribution is -2.27. The molecule has 0 amide bonds. The number of hydrogen-bond acceptors (Lipinski definition) is 7. The van der Waals surface area contributed by atoms with Gasteiger partial charge in [0.05, 0.1) is 6.10 Å². The second kappa shape index (κ2) is 24.0. The second-order valence-electron chi connectivity index (χ2n) is 12.2. The highest BCUT2D eigenvalue weighted by Gasteiger charge is 2.19. The van der Waals surface area contributed by atoms with Crippen molar-refractivity contribution in [3.8, 4) is 0 Å². The van der Waals surface area contributed by atoms with Crippen molar-refractivity contribution in [2.45, 2.75) is 185 Å². The monoisotopic (exact) mass is 604 g/mol. The number of unbranched alkanes of at least 4 members (excludes halogenated alkanes) is 20. The average molecular weight is 605 g/mol. The topological polar surface area (TPSA) is 105 Å². The van der Waals surface area contributed by atoms with Crippen molar-refractivity contribution in [3.05, 3.63) is 6.33 Å². The minimum atomic E-state index is -0.635. The molecule has 0 radical (unpaired) electrons. The highest BCUT2D eigenvalue weighted by Crippen LogP contribution is 2.26. The van der Waals surface area contributed by atoms with Gasteiger partial charge in [-0.25, -0.2) is 9.97 Å². The molecule has 2 heterocycles. The van der Waals surface area contributed by atoms with E-state index in [1.165, 1.54) is 153 Å². The van der Waals surface area contributed by atoms with E-state index in [0.717, 1.165) is 23.4 Å². The van der Waals surface area contributed by atoms with Crippen LogP contribution < -0.4 is 11.5 Å². The van der Waals surface area contributed by atoms with E-state index in [4.69, 9.17) is 16.2 Å². The number of nitrogens with two attached hydrogens (primary N) is 2. The smallest absolute Gasteiger partial charge is 0.223 e. The van der Waals surface area contributed by atoms with Crippen molar-refractivity contribution in [2.24, 2.45) is 5.73 Å². The zero-order valence-corrected chi connectivity index (χ0v) is 28.3. The Bertz CT molecular complexity index is 897. The third-order valence-electron chi connectivity index (χ3n) is 8.47. The number of aromatic nitrogens is 4. The molecule has 0 aliphatic rings. The van der Waals surface area contributed by atoms with E-state index in [1.807, 2.05) is 6.26 Å². The summed E-state index contributed by atoms with van der Waals surface area (Å²) in [6.07, 6.45) is 35.1. The van der Waals surface area contributed by atoms with Crippen LogP contribution in [0.25, 0.3) is 11.2 Å². The molecule has 0 aliphatic carbocycles. The highest BCUT2D eigenvalue weighted by molar-refractivity contribution is 7.98. The largest absolute Gasteiger partial charge is 0.368 e. The van der Waals surface area contributed by atoms with Gasteiger partial charge in [-0.1, -0.05) is 155 Å². The number of nitrogens with zero attached hydrogens (tertiary/aromatic N) is 4. The van der Waals surface area contributed by atoms with Gasteiger partial charge in [0.15, 0.2) is 12.0 Å². The molecule has 42 heavy (non-hydrogen) atoms. The Labute approximate surface area is 262 Å². The summed E-state index contributed by atoms with van der Waals surface area (Å²) in [4.78, 5) is 13.3. The van der Waals surface area contributed by atoms with Gasteiger partial charge in [0.1, 0.15) is 16.9 Å². The fourth-order valence-corrected chi connectivity index (χ4v) is 6.37. The van der Waals surface area contributed by atoms with E-state index in [-0.39, 0.29) is 12.1 Å². The van der Waals surface area contributed by atoms with Crippen LogP contribution in [-0.2, 0) is 4.74 Å². The first-order chi connectivity index (χ1) is 20.6. The number of rotatable bonds is 28. The minimum absolute atomic E-state index is 0.147. The molecule has 2 aromatic heterocycles. The molecule has 0 aliphatic heterocycles. The van der Waals surface area contributed by atoms with Crippen molar-refractivity contribution in [2.75, 3.05) is 12.0 Å². The Hall–Kier alpha value is -1.38. The fraction of sp³-hybridized carbons (Fsp3) is 0.853. The summed E-state index contributed by atoms with van der Waals surface area (Å²) in [6.45, 7) is 4.57. The summed E-state index contributed by atoms with van der Waals surface area (Å²) < 4.78 is 8.30. The van der Waals surface area contributed by atoms with Crippen LogP contribution >= 0.6 is 11.8 Å². The van der Waals surface area contributed by atoms with E-state index in [0.29, 0.717) is 5.65 Å². The van der Waals surface area contributed by atoms with Crippen LogP contribution in [0.5, 0.6) is 0 Å². The molecular weight excluding hydrogens is 540 g/mol. The van der Waals surface area contributed by atoms with E-state index in [2.05, 4.69) is 28.8 Å². The lowest BCUT2D eigenvalue weighted by molar-refractivity contribution is -0.0571. The van der Waals surface area contributed by atoms with Gasteiger partial charge in [-0.2, -0.15) is 4.98 Å². The van der Waals surface area contributed by atoms with Crippen LogP contribution in [0.2, 0.25) is 0 Å². The number of anilines is 1. The van der Waals surface area contributed by atoms with Crippen LogP contribution in [0.4, 0.5) is 5.95 Å². The predicted octanol–water partition coefficient (Wildman–Crippen LogP) is 10.3. The number of hydrogen-bond donors (Lipinski definition) is 2. The molecular formula is C34H64N6OS. The summed E-state index contributed by atoms with van der Waals surface area (Å²) in [5.74, 6) is 0.235. The van der Waals surface area contributed by atoms with Gasteiger partial charge in [-0.3, -0.25) is 10.3 Å². The van der Waals surface area contributed by atoms with Gasteiger partial charge in [0.25, 0.3) is 0 Å². The van der Waals surface area contributed by atoms with Crippen molar-refractivity contribution in [1.82, 2.24) is 19.5 Å². The predicted molar refractivity (Wildman–Crippen MR) is 182 cm³/mol. The lowest BCUT2D eigenvalue weighted by atomic mass is 10.0.